The van der Waals surface area contributed by atoms with E-state index in [0.29, 0.717) is 19.8 Å². The van der Waals surface area contributed by atoms with E-state index < -0.39 is 0 Å². The Bertz CT molecular complexity index is 2410. The van der Waals surface area contributed by atoms with Crippen LogP contribution in [0.15, 0.2) is 119 Å². The molecule has 72 heavy (non-hydrogen) atoms. The Morgan fingerprint density at radius 1 is 0.556 bits per heavy atom. The zero-order chi connectivity index (χ0) is 50.6. The van der Waals surface area contributed by atoms with Crippen LogP contribution in [-0.2, 0) is 50.8 Å². The van der Waals surface area contributed by atoms with Crippen molar-refractivity contribution < 1.29 is 37.7 Å². The number of halogens is 3. The molecule has 4 aliphatic rings. The van der Waals surface area contributed by atoms with Gasteiger partial charge in [0.15, 0.2) is 18.9 Å². The van der Waals surface area contributed by atoms with Crippen LogP contribution in [-0.4, -0.2) is 112 Å². The van der Waals surface area contributed by atoms with Crippen LogP contribution in [0.1, 0.15) is 85.5 Å². The number of aromatic nitrogens is 6. The molecule has 0 radical (unpaired) electrons. The van der Waals surface area contributed by atoms with Crippen molar-refractivity contribution in [3.8, 4) is 33.4 Å². The number of hydrogen-bond acceptors (Lipinski definition) is 11. The summed E-state index contributed by atoms with van der Waals surface area (Å²) in [6.07, 6.45) is 21.7. The van der Waals surface area contributed by atoms with Gasteiger partial charge in [0, 0.05) is 69.4 Å². The van der Waals surface area contributed by atoms with Crippen molar-refractivity contribution in [3.05, 3.63) is 119 Å². The topological polar surface area (TPSA) is 138 Å². The molecule has 4 fully saturated rings. The molecule has 10 rings (SSSR count). The molecule has 0 amide bonds. The van der Waals surface area contributed by atoms with E-state index in [0.717, 1.165) is 107 Å². The highest BCUT2D eigenvalue weighted by Gasteiger charge is 2.51. The summed E-state index contributed by atoms with van der Waals surface area (Å²) in [5.74, 6) is 0. The molecule has 7 heterocycles. The fraction of sp³-hybridized carbons (Fsp3) is 0.500. The molecule has 1 N–H and O–H groups in total. The summed E-state index contributed by atoms with van der Waals surface area (Å²) in [7, 11) is -0.337. The van der Waals surface area contributed by atoms with Crippen LogP contribution in [0.4, 0.5) is 0 Å². The molecular formula is C54H70BBr3N6O8. The molecule has 3 atom stereocenters. The third-order valence-corrected chi connectivity index (χ3v) is 14.3. The van der Waals surface area contributed by atoms with Gasteiger partial charge in [0.2, 0.25) is 0 Å². The second kappa shape index (κ2) is 29.0. The molecule has 0 saturated carbocycles. The van der Waals surface area contributed by atoms with Crippen molar-refractivity contribution >= 4 is 60.4 Å². The minimum Gasteiger partial charge on any atom is -0.399 e. The Morgan fingerprint density at radius 2 is 0.972 bits per heavy atom. The molecule has 0 aliphatic carbocycles. The zero-order valence-corrected chi connectivity index (χ0v) is 46.8. The van der Waals surface area contributed by atoms with Gasteiger partial charge in [0.25, 0.3) is 0 Å². The minimum atomic E-state index is -0.337. The van der Waals surface area contributed by atoms with Gasteiger partial charge in [-0.1, -0.05) is 96.3 Å². The summed E-state index contributed by atoms with van der Waals surface area (Å²) in [6.45, 7) is 14.2. The quantitative estimate of drug-likeness (QED) is 0.0777. The maximum absolute atomic E-state index is 6.13. The van der Waals surface area contributed by atoms with Gasteiger partial charge in [-0.05, 0) is 132 Å². The first kappa shape index (κ1) is 56.2. The summed E-state index contributed by atoms with van der Waals surface area (Å²) in [6, 6.07) is 24.7. The highest BCUT2D eigenvalue weighted by Crippen LogP contribution is 2.36. The highest BCUT2D eigenvalue weighted by atomic mass is 79.9. The van der Waals surface area contributed by atoms with Crippen molar-refractivity contribution in [2.24, 2.45) is 0 Å². The predicted octanol–water partition coefficient (Wildman–Crippen LogP) is 12.0. The Hall–Kier alpha value is -3.53. The van der Waals surface area contributed by atoms with E-state index in [2.05, 4.69) is 151 Å². The van der Waals surface area contributed by atoms with Crippen molar-refractivity contribution in [2.75, 3.05) is 45.0 Å². The van der Waals surface area contributed by atoms with E-state index in [1.165, 1.54) is 36.8 Å². The maximum atomic E-state index is 6.13. The first-order chi connectivity index (χ1) is 34.9. The van der Waals surface area contributed by atoms with Crippen LogP contribution in [0.3, 0.4) is 0 Å². The number of alkyl halides is 1. The molecule has 4 saturated heterocycles. The van der Waals surface area contributed by atoms with Gasteiger partial charge in [-0.15, -0.1) is 0 Å². The summed E-state index contributed by atoms with van der Waals surface area (Å²) in [4.78, 5) is 0. The number of benzene rings is 3. The van der Waals surface area contributed by atoms with E-state index in [9.17, 15) is 0 Å². The molecule has 6 aromatic rings. The Kier molecular flexibility index (Phi) is 22.6. The number of hydrogen-bond donors (Lipinski definition) is 1. The lowest BCUT2D eigenvalue weighted by atomic mass is 9.78. The molecule has 388 valence electrons. The largest absolute Gasteiger partial charge is 0.494 e. The lowest BCUT2D eigenvalue weighted by Crippen LogP contribution is -2.41. The van der Waals surface area contributed by atoms with Crippen LogP contribution in [0.25, 0.3) is 33.4 Å². The number of ether oxygens (including phenoxy) is 6. The van der Waals surface area contributed by atoms with E-state index in [1.54, 1.807) is 0 Å². The van der Waals surface area contributed by atoms with Gasteiger partial charge in [-0.2, -0.15) is 15.3 Å². The average Bonchev–Trinajstić information content (AvgIpc) is 4.24. The molecule has 3 aromatic heterocycles. The smallest absolute Gasteiger partial charge is 0.399 e. The van der Waals surface area contributed by atoms with Gasteiger partial charge in [-0.25, -0.2) is 0 Å². The zero-order valence-electron chi connectivity index (χ0n) is 42.1. The Labute approximate surface area is 451 Å². The Balaban J connectivity index is 0.000000153. The predicted molar refractivity (Wildman–Crippen MR) is 293 cm³/mol. The normalized spacial score (nSPS) is 20.3. The van der Waals surface area contributed by atoms with Crippen LogP contribution in [0, 0.1) is 0 Å². The van der Waals surface area contributed by atoms with Crippen molar-refractivity contribution in [1.82, 2.24) is 29.8 Å². The maximum Gasteiger partial charge on any atom is 0.494 e. The number of H-pyrrole nitrogens is 1. The molecule has 0 bridgehead atoms. The van der Waals surface area contributed by atoms with Crippen LogP contribution >= 0.6 is 47.8 Å². The van der Waals surface area contributed by atoms with Crippen molar-refractivity contribution in [2.45, 2.75) is 129 Å². The molecule has 0 spiro atoms. The second-order valence-corrected chi connectivity index (χ2v) is 21.5. The van der Waals surface area contributed by atoms with Crippen LogP contribution in [0.2, 0.25) is 0 Å². The number of aromatic amines is 1. The van der Waals surface area contributed by atoms with Crippen LogP contribution < -0.4 is 5.46 Å². The van der Waals surface area contributed by atoms with Crippen LogP contribution in [0.5, 0.6) is 0 Å². The average molecular weight is 1180 g/mol. The van der Waals surface area contributed by atoms with E-state index in [1.807, 2.05) is 64.6 Å². The summed E-state index contributed by atoms with van der Waals surface area (Å²) in [5, 5.41) is 16.4. The van der Waals surface area contributed by atoms with Gasteiger partial charge in [0.05, 0.1) is 62.7 Å². The summed E-state index contributed by atoms with van der Waals surface area (Å²) >= 11 is 10.1. The molecule has 3 aromatic carbocycles. The SMILES string of the molecule is BrCCOC1CCCCO1.Brc1ccc(-c2cn[nH]c2)cc1.Brc1ccc(-c2cnn(CCOC3CCCCO3)c2)cc1.CC1(C)OB(c2ccc(-c3cnn(CCOC4CCCCO4)c3)cc2)OC1(C)C. The monoisotopic (exact) mass is 1180 g/mol. The third kappa shape index (κ3) is 17.8. The summed E-state index contributed by atoms with van der Waals surface area (Å²) in [5.41, 5.74) is 7.14. The summed E-state index contributed by atoms with van der Waals surface area (Å²) < 4.78 is 51.6. The number of nitrogens with zero attached hydrogens (tertiary/aromatic N) is 5. The van der Waals surface area contributed by atoms with Gasteiger partial charge >= 0.3 is 7.12 Å². The molecule has 4 aliphatic heterocycles. The molecule has 14 nitrogen and oxygen atoms in total. The molecular weight excluding hydrogens is 1110 g/mol. The number of nitrogens with one attached hydrogen (secondary N) is 1. The van der Waals surface area contributed by atoms with Gasteiger partial charge in [-0.3, -0.25) is 14.5 Å². The van der Waals surface area contributed by atoms with E-state index in [4.69, 9.17) is 37.7 Å². The van der Waals surface area contributed by atoms with Crippen molar-refractivity contribution in [3.63, 3.8) is 0 Å². The minimum absolute atomic E-state index is 0.0275. The number of rotatable bonds is 15. The molecule has 3 unspecified atom stereocenters. The Morgan fingerprint density at radius 3 is 1.36 bits per heavy atom. The van der Waals surface area contributed by atoms with E-state index in [-0.39, 0.29) is 37.2 Å². The second-order valence-electron chi connectivity index (χ2n) is 18.9. The fourth-order valence-electron chi connectivity index (χ4n) is 8.03. The third-order valence-electron chi connectivity index (χ3n) is 12.9. The lowest BCUT2D eigenvalue weighted by Gasteiger charge is -2.32. The van der Waals surface area contributed by atoms with Crippen molar-refractivity contribution in [1.29, 1.82) is 0 Å². The lowest BCUT2D eigenvalue weighted by molar-refractivity contribution is -0.164. The first-order valence-electron chi connectivity index (χ1n) is 25.2. The molecule has 18 heteroatoms. The first-order valence-corrected chi connectivity index (χ1v) is 27.9. The fourth-order valence-corrected chi connectivity index (χ4v) is 8.75. The van der Waals surface area contributed by atoms with Gasteiger partial charge < -0.3 is 37.7 Å². The standard InChI is InChI=1S/C22H31BN2O4.C16H19BrN2O2.C9H7BrN2.C7H13BrO2/c1-21(2)22(3,4)29-23(28-21)19-10-8-17(9-11-19)18-15-24-25(16-18)12-14-27-20-7-5-6-13-26-20;17-15-6-4-13(5-7-15)14-11-18-19(12-14)8-10-21-16-3-1-2-9-20-16;10-9-3-1-7(2-4-9)8-5-11-12-6-8;8-4-6-10-7-3-1-2-5-9-7/h8-11,15-16,20H,5-7,12-14H2,1-4H3;4-7,11-12,16H,1-3,8-10H2;1-6H,(H,11,12);7H,1-6H2. The van der Waals surface area contributed by atoms with E-state index >= 15 is 0 Å². The van der Waals surface area contributed by atoms with Gasteiger partial charge in [0.1, 0.15) is 0 Å². The highest BCUT2D eigenvalue weighted by molar-refractivity contribution is 9.10.